The maximum Gasteiger partial charge on any atom is 0.460 e. The van der Waals surface area contributed by atoms with Crippen LogP contribution in [0.2, 0.25) is 0 Å². The van der Waals surface area contributed by atoms with E-state index in [4.69, 9.17) is 0 Å². The summed E-state index contributed by atoms with van der Waals surface area (Å²) in [5.41, 5.74) is -0.445. The second kappa shape index (κ2) is 7.46. The number of anilines is 1. The Morgan fingerprint density at radius 3 is 2.07 bits per heavy atom. The lowest BCUT2D eigenvalue weighted by atomic mass is 10.1. The van der Waals surface area contributed by atoms with Gasteiger partial charge in [-0.1, -0.05) is 11.3 Å². The topological polar surface area (TPSA) is 119 Å². The molecule has 0 fully saturated rings. The number of thiazole rings is 1. The number of carbonyl (C=O) groups excluding carboxylic acids is 1. The molecule has 1 aromatic carbocycles. The molecule has 0 unspecified atom stereocenters. The SMILES string of the molecule is O=C(Nc1ncc(S(=O)(=O)c2ccc([N+](=O)[O-])cc2)s1)C(F)(F)C(F)(F)C(F)(F)F. The fourth-order valence-electron chi connectivity index (χ4n) is 1.80. The van der Waals surface area contributed by atoms with E-state index < -0.39 is 58.6 Å². The highest BCUT2D eigenvalue weighted by molar-refractivity contribution is 7.93. The molecule has 2 aromatic rings. The molecule has 1 aromatic heterocycles. The predicted molar refractivity (Wildman–Crippen MR) is 85.2 cm³/mol. The zero-order valence-electron chi connectivity index (χ0n) is 13.8. The van der Waals surface area contributed by atoms with Crippen molar-refractivity contribution < 1.29 is 48.9 Å². The van der Waals surface area contributed by atoms with Gasteiger partial charge in [0, 0.05) is 12.1 Å². The zero-order chi connectivity index (χ0) is 23.1. The average molecular weight is 481 g/mol. The summed E-state index contributed by atoms with van der Waals surface area (Å²) in [5, 5.41) is 10.6. The number of halogens is 7. The third-order valence-electron chi connectivity index (χ3n) is 3.36. The van der Waals surface area contributed by atoms with Crippen molar-refractivity contribution in [3.05, 3.63) is 40.6 Å². The van der Waals surface area contributed by atoms with Gasteiger partial charge in [-0.2, -0.15) is 30.7 Å². The van der Waals surface area contributed by atoms with Gasteiger partial charge < -0.3 is 0 Å². The normalized spacial score (nSPS) is 13.2. The molecule has 0 atom stereocenters. The van der Waals surface area contributed by atoms with Gasteiger partial charge in [0.2, 0.25) is 9.84 Å². The molecule has 0 spiro atoms. The first-order valence-electron chi connectivity index (χ1n) is 7.11. The molecule has 1 N–H and O–H groups in total. The zero-order valence-corrected chi connectivity index (χ0v) is 15.4. The van der Waals surface area contributed by atoms with E-state index in [1.54, 1.807) is 0 Å². The van der Waals surface area contributed by atoms with Crippen LogP contribution in [0.15, 0.2) is 39.6 Å². The van der Waals surface area contributed by atoms with Crippen molar-refractivity contribution in [3.63, 3.8) is 0 Å². The van der Waals surface area contributed by atoms with Crippen LogP contribution in [0.3, 0.4) is 0 Å². The number of alkyl halides is 7. The number of nitrogens with zero attached hydrogens (tertiary/aromatic N) is 2. The molecule has 0 aliphatic carbocycles. The Bertz CT molecular complexity index is 1080. The molecule has 30 heavy (non-hydrogen) atoms. The van der Waals surface area contributed by atoms with E-state index in [0.717, 1.165) is 29.6 Å². The standard InChI is InChI=1S/C13H6F7N3O5S2/c14-11(15,12(16,17)13(18,19)20)9(24)22-10-21-5-8(29-10)30(27,28)7-3-1-6(2-4-7)23(25)26/h1-5H,(H,21,22,24). The van der Waals surface area contributed by atoms with E-state index in [-0.39, 0.29) is 11.3 Å². The number of hydrogen-bond acceptors (Lipinski definition) is 7. The molecule has 17 heteroatoms. The molecular formula is C13H6F7N3O5S2. The smallest absolute Gasteiger partial charge is 0.296 e. The van der Waals surface area contributed by atoms with Crippen molar-refractivity contribution in [3.8, 4) is 0 Å². The summed E-state index contributed by atoms with van der Waals surface area (Å²) in [6.45, 7) is 0. The van der Waals surface area contributed by atoms with Crippen molar-refractivity contribution in [1.82, 2.24) is 4.98 Å². The lowest BCUT2D eigenvalue weighted by Gasteiger charge is -2.26. The number of nitrogens with one attached hydrogen (secondary N) is 1. The summed E-state index contributed by atoms with van der Waals surface area (Å²) in [7, 11) is -4.42. The molecule has 0 aliphatic rings. The van der Waals surface area contributed by atoms with E-state index in [0.29, 0.717) is 6.20 Å². The second-order valence-corrected chi connectivity index (χ2v) is 8.55. The third kappa shape index (κ3) is 4.07. The van der Waals surface area contributed by atoms with Gasteiger partial charge in [0.15, 0.2) is 5.13 Å². The third-order valence-corrected chi connectivity index (χ3v) is 6.51. The largest absolute Gasteiger partial charge is 0.460 e. The Hall–Kier alpha value is -2.82. The van der Waals surface area contributed by atoms with Crippen LogP contribution in [-0.2, 0) is 14.6 Å². The minimum Gasteiger partial charge on any atom is -0.296 e. The number of aromatic nitrogens is 1. The van der Waals surface area contributed by atoms with E-state index >= 15 is 0 Å². The summed E-state index contributed by atoms with van der Waals surface area (Å²) in [5.74, 6) is -16.0. The highest BCUT2D eigenvalue weighted by Gasteiger charge is 2.76. The van der Waals surface area contributed by atoms with Gasteiger partial charge in [-0.25, -0.2) is 13.4 Å². The summed E-state index contributed by atoms with van der Waals surface area (Å²) in [4.78, 5) is 23.7. The summed E-state index contributed by atoms with van der Waals surface area (Å²) in [6.07, 6.45) is -6.21. The lowest BCUT2D eigenvalue weighted by molar-refractivity contribution is -0.384. The van der Waals surface area contributed by atoms with Gasteiger partial charge in [0.25, 0.3) is 5.69 Å². The minimum absolute atomic E-state index is 0.0167. The molecule has 1 amide bonds. The van der Waals surface area contributed by atoms with Crippen LogP contribution in [0, 0.1) is 10.1 Å². The van der Waals surface area contributed by atoms with E-state index in [9.17, 15) is 54.1 Å². The monoisotopic (exact) mass is 481 g/mol. The fraction of sp³-hybridized carbons (Fsp3) is 0.231. The highest BCUT2D eigenvalue weighted by atomic mass is 32.2. The van der Waals surface area contributed by atoms with Crippen molar-refractivity contribution in [2.75, 3.05) is 5.32 Å². The van der Waals surface area contributed by atoms with Gasteiger partial charge in [0.05, 0.1) is 16.0 Å². The van der Waals surface area contributed by atoms with E-state index in [2.05, 4.69) is 4.98 Å². The van der Waals surface area contributed by atoms with Crippen LogP contribution in [0.25, 0.3) is 0 Å². The van der Waals surface area contributed by atoms with Crippen LogP contribution in [0.5, 0.6) is 0 Å². The Labute approximate surface area is 165 Å². The van der Waals surface area contributed by atoms with E-state index in [1.165, 1.54) is 0 Å². The fourth-order valence-corrected chi connectivity index (χ4v) is 4.23. The predicted octanol–water partition coefficient (Wildman–Crippen LogP) is 3.66. The van der Waals surface area contributed by atoms with Crippen molar-refractivity contribution >= 4 is 37.9 Å². The molecule has 1 heterocycles. The molecule has 0 saturated heterocycles. The maximum atomic E-state index is 13.3. The highest BCUT2D eigenvalue weighted by Crippen LogP contribution is 2.47. The Morgan fingerprint density at radius 1 is 1.07 bits per heavy atom. The number of carbonyl (C=O) groups is 1. The molecular weight excluding hydrogens is 475 g/mol. The van der Waals surface area contributed by atoms with Gasteiger partial charge in [-0.3, -0.25) is 20.2 Å². The maximum absolute atomic E-state index is 13.3. The van der Waals surface area contributed by atoms with Crippen LogP contribution in [-0.4, -0.2) is 42.3 Å². The Kier molecular flexibility index (Phi) is 5.83. The summed E-state index contributed by atoms with van der Waals surface area (Å²) >= 11 is -0.0167. The van der Waals surface area contributed by atoms with Crippen LogP contribution < -0.4 is 5.32 Å². The molecule has 164 valence electrons. The number of sulfone groups is 1. The number of non-ortho nitro benzene ring substituents is 1. The number of hydrogen-bond donors (Lipinski definition) is 1. The average Bonchev–Trinajstić information content (AvgIpc) is 3.10. The molecule has 0 radical (unpaired) electrons. The minimum atomic E-state index is -6.73. The second-order valence-electron chi connectivity index (χ2n) is 5.34. The van der Waals surface area contributed by atoms with Gasteiger partial charge in [0.1, 0.15) is 4.21 Å². The van der Waals surface area contributed by atoms with Gasteiger partial charge in [-0.15, -0.1) is 0 Å². The van der Waals surface area contributed by atoms with Gasteiger partial charge in [-0.05, 0) is 12.1 Å². The van der Waals surface area contributed by atoms with Crippen molar-refractivity contribution in [1.29, 1.82) is 0 Å². The first kappa shape index (κ1) is 23.5. The number of nitro benzene ring substituents is 1. The lowest BCUT2D eigenvalue weighted by Crippen LogP contribution is -2.57. The number of benzene rings is 1. The number of rotatable bonds is 6. The van der Waals surface area contributed by atoms with Crippen LogP contribution in [0.1, 0.15) is 0 Å². The van der Waals surface area contributed by atoms with Crippen LogP contribution >= 0.6 is 11.3 Å². The molecule has 8 nitrogen and oxygen atoms in total. The van der Waals surface area contributed by atoms with Crippen LogP contribution in [0.4, 0.5) is 41.6 Å². The van der Waals surface area contributed by atoms with Gasteiger partial charge >= 0.3 is 23.9 Å². The first-order valence-corrected chi connectivity index (χ1v) is 9.41. The van der Waals surface area contributed by atoms with Crippen molar-refractivity contribution in [2.45, 2.75) is 27.1 Å². The molecule has 0 aliphatic heterocycles. The Morgan fingerprint density at radius 2 is 1.60 bits per heavy atom. The van der Waals surface area contributed by atoms with Crippen molar-refractivity contribution in [2.24, 2.45) is 0 Å². The molecule has 2 rings (SSSR count). The van der Waals surface area contributed by atoms with E-state index in [1.807, 2.05) is 0 Å². The number of amides is 1. The quantitative estimate of drug-likeness (QED) is 0.382. The Balaban J connectivity index is 2.28. The molecule has 0 bridgehead atoms. The molecule has 0 saturated carbocycles. The summed E-state index contributed by atoms with van der Waals surface area (Å²) < 4.78 is 113. The summed E-state index contributed by atoms with van der Waals surface area (Å²) in [6, 6.07) is 3.36. The first-order chi connectivity index (χ1) is 13.5. The number of nitro groups is 1.